The summed E-state index contributed by atoms with van der Waals surface area (Å²) < 4.78 is 5.92. The highest BCUT2D eigenvalue weighted by molar-refractivity contribution is 6.02. The van der Waals surface area contributed by atoms with Crippen molar-refractivity contribution in [1.29, 1.82) is 0 Å². The number of nitrogens with zero attached hydrogens (tertiary/aromatic N) is 7. The molecule has 7 rings (SSSR count). The number of methoxy groups -OCH3 is 1. The van der Waals surface area contributed by atoms with Gasteiger partial charge in [-0.3, -0.25) is 19.4 Å². The first-order valence-electron chi connectivity index (χ1n) is 18.5. The van der Waals surface area contributed by atoms with Gasteiger partial charge in [-0.2, -0.15) is 0 Å². The van der Waals surface area contributed by atoms with Crippen LogP contribution in [0.5, 0.6) is 5.75 Å². The van der Waals surface area contributed by atoms with Crippen LogP contribution in [-0.2, 0) is 16.1 Å². The van der Waals surface area contributed by atoms with Gasteiger partial charge in [0.2, 0.25) is 5.91 Å². The number of carbonyl (C=O) groups excluding carboxylic acids is 1. The highest BCUT2D eigenvalue weighted by Crippen LogP contribution is 2.40. The molecule has 3 aliphatic heterocycles. The van der Waals surface area contributed by atoms with Crippen molar-refractivity contribution in [3.63, 3.8) is 0 Å². The number of anilines is 6. The summed E-state index contributed by atoms with van der Waals surface area (Å²) in [5.41, 5.74) is 4.74. The summed E-state index contributed by atoms with van der Waals surface area (Å²) in [7, 11) is 5.78. The average Bonchev–Trinajstić information content (AvgIpc) is 3.89. The Bertz CT molecular complexity index is 1690. The minimum atomic E-state index is -0.262. The molecule has 12 nitrogen and oxygen atoms in total. The van der Waals surface area contributed by atoms with Crippen molar-refractivity contribution in [3.8, 4) is 5.75 Å². The normalized spacial score (nSPS) is 21.8. The zero-order valence-electron chi connectivity index (χ0n) is 30.6. The highest BCUT2D eigenvalue weighted by Gasteiger charge is 2.37. The summed E-state index contributed by atoms with van der Waals surface area (Å²) >= 11 is 0. The quantitative estimate of drug-likeness (QED) is 0.241. The lowest BCUT2D eigenvalue weighted by Crippen LogP contribution is -2.57. The molecule has 1 aromatic heterocycles. The van der Waals surface area contributed by atoms with E-state index in [2.05, 4.69) is 92.1 Å². The molecule has 2 atom stereocenters. The number of nitrogens with one attached hydrogen (secondary N) is 2. The van der Waals surface area contributed by atoms with Crippen molar-refractivity contribution in [2.75, 3.05) is 86.0 Å². The third kappa shape index (κ3) is 8.08. The first kappa shape index (κ1) is 35.0. The predicted molar refractivity (Wildman–Crippen MR) is 204 cm³/mol. The van der Waals surface area contributed by atoms with Gasteiger partial charge in [0.05, 0.1) is 36.8 Å². The number of rotatable bonds is 12. The van der Waals surface area contributed by atoms with E-state index >= 15 is 0 Å². The van der Waals surface area contributed by atoms with E-state index in [4.69, 9.17) is 9.57 Å². The van der Waals surface area contributed by atoms with Crippen molar-refractivity contribution < 1.29 is 14.4 Å². The smallest absolute Gasteiger partial charge is 0.247 e. The van der Waals surface area contributed by atoms with Crippen LogP contribution in [0.1, 0.15) is 44.6 Å². The number of hydroxylamine groups is 1. The van der Waals surface area contributed by atoms with E-state index < -0.39 is 0 Å². The Hall–Kier alpha value is -4.39. The summed E-state index contributed by atoms with van der Waals surface area (Å²) in [4.78, 5) is 37.8. The number of hydrogen-bond donors (Lipinski definition) is 2. The molecule has 51 heavy (non-hydrogen) atoms. The Labute approximate surface area is 302 Å². The van der Waals surface area contributed by atoms with E-state index in [-0.39, 0.29) is 11.9 Å². The topological polar surface area (TPSA) is 102 Å². The lowest BCUT2D eigenvalue weighted by Gasteiger charge is -2.46. The van der Waals surface area contributed by atoms with Crippen LogP contribution in [0, 0.1) is 0 Å². The fourth-order valence-corrected chi connectivity index (χ4v) is 7.99. The summed E-state index contributed by atoms with van der Waals surface area (Å²) in [5.74, 6) is 1.67. The van der Waals surface area contributed by atoms with E-state index in [0.717, 1.165) is 63.6 Å². The SMILES string of the molecule is C=CC(=O)Nc1cc(Nc2cc(N3OCCC3Cc3cccc(N(C)C)c3)ncn2)c(OC)cc1N1CCC(N2CCN(C3CC3)[C@H](C)C2)CC1. The van der Waals surface area contributed by atoms with Crippen molar-refractivity contribution in [1.82, 2.24) is 19.8 Å². The Kier molecular flexibility index (Phi) is 10.6. The van der Waals surface area contributed by atoms with Gasteiger partial charge in [0.1, 0.15) is 17.9 Å². The molecule has 2 aromatic carbocycles. The summed E-state index contributed by atoms with van der Waals surface area (Å²) in [6, 6.07) is 16.6. The molecule has 4 fully saturated rings. The van der Waals surface area contributed by atoms with Crippen molar-refractivity contribution in [2.24, 2.45) is 0 Å². The molecule has 272 valence electrons. The number of ether oxygens (including phenoxy) is 1. The summed E-state index contributed by atoms with van der Waals surface area (Å²) in [6.45, 7) is 12.0. The highest BCUT2D eigenvalue weighted by atomic mass is 16.7. The molecular weight excluding hydrogens is 642 g/mol. The Morgan fingerprint density at radius 1 is 1.02 bits per heavy atom. The zero-order chi connectivity index (χ0) is 35.5. The number of carbonyl (C=O) groups is 1. The van der Waals surface area contributed by atoms with Gasteiger partial charge in [0.15, 0.2) is 5.82 Å². The van der Waals surface area contributed by atoms with Crippen molar-refractivity contribution >= 4 is 40.3 Å². The fraction of sp³-hybridized carbons (Fsp3) is 0.513. The van der Waals surface area contributed by atoms with E-state index in [1.165, 1.54) is 36.7 Å². The molecule has 1 aliphatic carbocycles. The minimum absolute atomic E-state index is 0.139. The van der Waals surface area contributed by atoms with Crippen LogP contribution in [0.3, 0.4) is 0 Å². The average molecular weight is 696 g/mol. The number of piperazine rings is 1. The van der Waals surface area contributed by atoms with Gasteiger partial charge in [-0.25, -0.2) is 15.0 Å². The molecule has 3 aromatic rings. The maximum absolute atomic E-state index is 12.7. The second-order valence-corrected chi connectivity index (χ2v) is 14.6. The second-order valence-electron chi connectivity index (χ2n) is 14.6. The van der Waals surface area contributed by atoms with Crippen LogP contribution in [0.25, 0.3) is 0 Å². The van der Waals surface area contributed by atoms with E-state index in [9.17, 15) is 4.79 Å². The molecule has 1 amide bonds. The molecule has 12 heteroatoms. The molecule has 0 bridgehead atoms. The molecule has 2 N–H and O–H groups in total. The van der Waals surface area contributed by atoms with E-state index in [1.807, 2.05) is 23.3 Å². The third-order valence-electron chi connectivity index (χ3n) is 10.9. The monoisotopic (exact) mass is 695 g/mol. The van der Waals surface area contributed by atoms with Crippen LogP contribution in [-0.4, -0.2) is 110 Å². The molecule has 1 unspecified atom stereocenters. The van der Waals surface area contributed by atoms with Crippen molar-refractivity contribution in [2.45, 2.75) is 69.6 Å². The van der Waals surface area contributed by atoms with Gasteiger partial charge < -0.3 is 25.2 Å². The van der Waals surface area contributed by atoms with Gasteiger partial charge in [-0.1, -0.05) is 18.7 Å². The third-order valence-corrected chi connectivity index (χ3v) is 10.9. The second kappa shape index (κ2) is 15.5. The number of piperidine rings is 1. The van der Waals surface area contributed by atoms with Crippen LogP contribution in [0.2, 0.25) is 0 Å². The van der Waals surface area contributed by atoms with Crippen molar-refractivity contribution in [3.05, 3.63) is 67.0 Å². The molecule has 0 radical (unpaired) electrons. The van der Waals surface area contributed by atoms with E-state index in [1.54, 1.807) is 13.4 Å². The largest absolute Gasteiger partial charge is 0.494 e. The first-order valence-corrected chi connectivity index (χ1v) is 18.5. The lowest BCUT2D eigenvalue weighted by molar-refractivity contribution is -0.111. The first-order chi connectivity index (χ1) is 24.8. The van der Waals surface area contributed by atoms with Gasteiger partial charge in [-0.05, 0) is 75.3 Å². The van der Waals surface area contributed by atoms with E-state index in [0.29, 0.717) is 47.5 Å². The lowest BCUT2D eigenvalue weighted by atomic mass is 9.99. The Morgan fingerprint density at radius 2 is 1.84 bits per heavy atom. The maximum Gasteiger partial charge on any atom is 0.247 e. The minimum Gasteiger partial charge on any atom is -0.494 e. The molecular formula is C39H53N9O3. The van der Waals surface area contributed by atoms with Crippen LogP contribution < -0.4 is 30.2 Å². The van der Waals surface area contributed by atoms with Crippen LogP contribution in [0.15, 0.2) is 61.4 Å². The fourth-order valence-electron chi connectivity index (χ4n) is 7.99. The van der Waals surface area contributed by atoms with Crippen LogP contribution in [0.4, 0.5) is 34.4 Å². The predicted octanol–water partition coefficient (Wildman–Crippen LogP) is 5.31. The summed E-state index contributed by atoms with van der Waals surface area (Å²) in [6.07, 6.45) is 9.48. The standard InChI is InChI=1S/C39H53N9O3/c1-6-39(49)43-33-22-34(36(50-5)23-35(33)45-15-12-29(13-16-45)46-17-18-47(27(2)25-46)30-10-11-30)42-37-24-38(41-26-40-37)48-32(14-19-51-48)21-28-8-7-9-31(20-28)44(3)4/h6-9,20,22-24,26-27,29-30,32H,1,10-19,21,25H2,2-5H3,(H,43,49)(H,40,41,42)/t27-,32?/m1/s1. The summed E-state index contributed by atoms with van der Waals surface area (Å²) in [5, 5.41) is 8.40. The Morgan fingerprint density at radius 3 is 2.57 bits per heavy atom. The van der Waals surface area contributed by atoms with Gasteiger partial charge >= 0.3 is 0 Å². The van der Waals surface area contributed by atoms with Gasteiger partial charge in [0.25, 0.3) is 0 Å². The van der Waals surface area contributed by atoms with Gasteiger partial charge in [-0.15, -0.1) is 0 Å². The maximum atomic E-state index is 12.7. The molecule has 0 spiro atoms. The zero-order valence-corrected chi connectivity index (χ0v) is 30.6. The number of aromatic nitrogens is 2. The number of benzene rings is 2. The van der Waals surface area contributed by atoms with Gasteiger partial charge in [0, 0.05) is 82.8 Å². The molecule has 1 saturated carbocycles. The Balaban J connectivity index is 1.06. The molecule has 3 saturated heterocycles. The molecule has 4 aliphatic rings. The molecule has 4 heterocycles. The number of amides is 1. The van der Waals surface area contributed by atoms with Crippen LogP contribution >= 0.6 is 0 Å². The number of hydrogen-bond acceptors (Lipinski definition) is 11.